The highest BCUT2D eigenvalue weighted by Crippen LogP contribution is 2.29. The average molecular weight is 273 g/mol. The van der Waals surface area contributed by atoms with Crippen molar-refractivity contribution in [2.75, 3.05) is 33.7 Å². The van der Waals surface area contributed by atoms with Gasteiger partial charge in [0.2, 0.25) is 0 Å². The summed E-state index contributed by atoms with van der Waals surface area (Å²) in [6.45, 7) is 4.23. The van der Waals surface area contributed by atoms with Crippen LogP contribution in [0.2, 0.25) is 10.0 Å². The van der Waals surface area contributed by atoms with Crippen LogP contribution >= 0.6 is 23.2 Å². The molecule has 1 aromatic carbocycles. The van der Waals surface area contributed by atoms with Crippen molar-refractivity contribution in [2.45, 2.75) is 13.0 Å². The van der Waals surface area contributed by atoms with Crippen LogP contribution in [0, 0.1) is 0 Å². The van der Waals surface area contributed by atoms with Crippen LogP contribution in [-0.2, 0) is 13.0 Å². The zero-order chi connectivity index (χ0) is 12.4. The van der Waals surface area contributed by atoms with Crippen molar-refractivity contribution in [2.24, 2.45) is 0 Å². The molecular formula is C13H18Cl2N2. The van der Waals surface area contributed by atoms with Gasteiger partial charge in [-0.1, -0.05) is 23.2 Å². The Kier molecular flexibility index (Phi) is 4.31. The summed E-state index contributed by atoms with van der Waals surface area (Å²) in [6.07, 6.45) is 1.03. The zero-order valence-corrected chi connectivity index (χ0v) is 11.9. The van der Waals surface area contributed by atoms with Gasteiger partial charge in [0.15, 0.2) is 0 Å². The van der Waals surface area contributed by atoms with E-state index in [-0.39, 0.29) is 0 Å². The zero-order valence-electron chi connectivity index (χ0n) is 10.3. The Hall–Kier alpha value is -0.280. The summed E-state index contributed by atoms with van der Waals surface area (Å²) >= 11 is 12.3. The van der Waals surface area contributed by atoms with E-state index in [0.717, 1.165) is 42.6 Å². The molecule has 2 rings (SSSR count). The van der Waals surface area contributed by atoms with E-state index in [2.05, 4.69) is 23.9 Å². The Morgan fingerprint density at radius 2 is 2.06 bits per heavy atom. The minimum Gasteiger partial charge on any atom is -0.308 e. The molecule has 0 bridgehead atoms. The first-order valence-electron chi connectivity index (χ1n) is 5.90. The van der Waals surface area contributed by atoms with Gasteiger partial charge in [-0.25, -0.2) is 0 Å². The van der Waals surface area contributed by atoms with E-state index in [1.807, 2.05) is 12.1 Å². The monoisotopic (exact) mass is 272 g/mol. The molecular weight excluding hydrogens is 255 g/mol. The number of fused-ring (bicyclic) bond motifs is 1. The van der Waals surface area contributed by atoms with Gasteiger partial charge in [-0.15, -0.1) is 0 Å². The van der Waals surface area contributed by atoms with Crippen molar-refractivity contribution in [1.29, 1.82) is 0 Å². The lowest BCUT2D eigenvalue weighted by Crippen LogP contribution is -2.35. The Bertz CT molecular complexity index is 405. The fourth-order valence-corrected chi connectivity index (χ4v) is 2.83. The van der Waals surface area contributed by atoms with E-state index in [4.69, 9.17) is 23.2 Å². The lowest BCUT2D eigenvalue weighted by atomic mass is 10.00. The third-order valence-electron chi connectivity index (χ3n) is 3.19. The van der Waals surface area contributed by atoms with Crippen LogP contribution in [0.25, 0.3) is 0 Å². The molecule has 1 heterocycles. The quantitative estimate of drug-likeness (QED) is 0.835. The first-order chi connectivity index (χ1) is 8.06. The number of hydrogen-bond donors (Lipinski definition) is 0. The van der Waals surface area contributed by atoms with Crippen molar-refractivity contribution in [3.05, 3.63) is 33.3 Å². The van der Waals surface area contributed by atoms with Crippen LogP contribution in [0.5, 0.6) is 0 Å². The normalized spacial score (nSPS) is 16.3. The Balaban J connectivity index is 2.08. The summed E-state index contributed by atoms with van der Waals surface area (Å²) in [7, 11) is 4.21. The molecule has 94 valence electrons. The van der Waals surface area contributed by atoms with E-state index in [9.17, 15) is 0 Å². The smallest absolute Gasteiger partial charge is 0.0456 e. The molecule has 0 unspecified atom stereocenters. The van der Waals surface area contributed by atoms with Gasteiger partial charge in [0.1, 0.15) is 0 Å². The van der Waals surface area contributed by atoms with Crippen LogP contribution in [0.3, 0.4) is 0 Å². The molecule has 1 aliphatic rings. The molecule has 0 spiro atoms. The maximum atomic E-state index is 6.21. The minimum absolute atomic E-state index is 0.739. The van der Waals surface area contributed by atoms with Crippen LogP contribution in [0.1, 0.15) is 11.1 Å². The largest absolute Gasteiger partial charge is 0.308 e. The van der Waals surface area contributed by atoms with Crippen molar-refractivity contribution < 1.29 is 0 Å². The number of benzene rings is 1. The molecule has 0 aliphatic carbocycles. The van der Waals surface area contributed by atoms with E-state index >= 15 is 0 Å². The van der Waals surface area contributed by atoms with Crippen LogP contribution < -0.4 is 0 Å². The summed E-state index contributed by atoms with van der Waals surface area (Å²) in [6, 6.07) is 3.89. The third-order valence-corrected chi connectivity index (χ3v) is 3.74. The van der Waals surface area contributed by atoms with Crippen LogP contribution in [0.4, 0.5) is 0 Å². The number of rotatable bonds is 3. The number of nitrogens with zero attached hydrogens (tertiary/aromatic N) is 2. The second kappa shape index (κ2) is 5.57. The van der Waals surface area contributed by atoms with Crippen molar-refractivity contribution in [1.82, 2.24) is 9.80 Å². The highest BCUT2D eigenvalue weighted by atomic mass is 35.5. The molecule has 0 saturated carbocycles. The summed E-state index contributed by atoms with van der Waals surface area (Å²) in [5.74, 6) is 0. The Morgan fingerprint density at radius 1 is 1.29 bits per heavy atom. The van der Waals surface area contributed by atoms with Crippen molar-refractivity contribution >= 4 is 23.2 Å². The van der Waals surface area contributed by atoms with Gasteiger partial charge in [0, 0.05) is 36.2 Å². The molecule has 0 aromatic heterocycles. The van der Waals surface area contributed by atoms with Gasteiger partial charge in [0.05, 0.1) is 0 Å². The Morgan fingerprint density at radius 3 is 2.76 bits per heavy atom. The average Bonchev–Trinajstić information content (AvgIpc) is 2.25. The maximum Gasteiger partial charge on any atom is 0.0456 e. The fraction of sp³-hybridized carbons (Fsp3) is 0.538. The molecule has 0 atom stereocenters. The van der Waals surface area contributed by atoms with Gasteiger partial charge >= 0.3 is 0 Å². The molecule has 4 heteroatoms. The van der Waals surface area contributed by atoms with Gasteiger partial charge in [-0.2, -0.15) is 0 Å². The molecule has 1 aromatic rings. The highest BCUT2D eigenvalue weighted by molar-refractivity contribution is 6.35. The summed E-state index contributed by atoms with van der Waals surface area (Å²) in [5, 5.41) is 1.56. The molecule has 0 fully saturated rings. The van der Waals surface area contributed by atoms with Gasteiger partial charge < -0.3 is 4.90 Å². The van der Waals surface area contributed by atoms with Gasteiger partial charge in [-0.3, -0.25) is 4.90 Å². The molecule has 0 radical (unpaired) electrons. The molecule has 17 heavy (non-hydrogen) atoms. The number of halogens is 2. The van der Waals surface area contributed by atoms with E-state index in [1.165, 1.54) is 11.1 Å². The van der Waals surface area contributed by atoms with E-state index < -0.39 is 0 Å². The second-order valence-electron chi connectivity index (χ2n) is 4.85. The SMILES string of the molecule is CN(C)CCN1CCc2c(Cl)cc(Cl)cc2C1. The maximum absolute atomic E-state index is 6.21. The summed E-state index contributed by atoms with van der Waals surface area (Å²) < 4.78 is 0. The molecule has 0 saturated heterocycles. The molecule has 0 amide bonds. The standard InChI is InChI=1S/C13H18Cl2N2/c1-16(2)5-6-17-4-3-12-10(9-17)7-11(14)8-13(12)15/h7-8H,3-6,9H2,1-2H3. The molecule has 1 aliphatic heterocycles. The predicted molar refractivity (Wildman–Crippen MR) is 74.0 cm³/mol. The van der Waals surface area contributed by atoms with Crippen LogP contribution in [-0.4, -0.2) is 43.5 Å². The topological polar surface area (TPSA) is 6.48 Å². The first kappa shape index (κ1) is 13.2. The van der Waals surface area contributed by atoms with Crippen molar-refractivity contribution in [3.63, 3.8) is 0 Å². The highest BCUT2D eigenvalue weighted by Gasteiger charge is 2.18. The van der Waals surface area contributed by atoms with E-state index in [0.29, 0.717) is 0 Å². The van der Waals surface area contributed by atoms with Crippen molar-refractivity contribution in [3.8, 4) is 0 Å². The minimum atomic E-state index is 0.739. The fourth-order valence-electron chi connectivity index (χ4n) is 2.20. The van der Waals surface area contributed by atoms with Crippen LogP contribution in [0.15, 0.2) is 12.1 Å². The lowest BCUT2D eigenvalue weighted by Gasteiger charge is -2.30. The third kappa shape index (κ3) is 3.35. The number of likely N-dealkylation sites (N-methyl/N-ethyl adjacent to an activating group) is 1. The van der Waals surface area contributed by atoms with E-state index in [1.54, 1.807) is 0 Å². The molecule has 2 nitrogen and oxygen atoms in total. The lowest BCUT2D eigenvalue weighted by molar-refractivity contribution is 0.225. The van der Waals surface area contributed by atoms with Gasteiger partial charge in [-0.05, 0) is 43.8 Å². The first-order valence-corrected chi connectivity index (χ1v) is 6.66. The predicted octanol–water partition coefficient (Wildman–Crippen LogP) is 2.91. The summed E-state index contributed by atoms with van der Waals surface area (Å²) in [5.41, 5.74) is 2.56. The second-order valence-corrected chi connectivity index (χ2v) is 5.70. The molecule has 0 N–H and O–H groups in total. The van der Waals surface area contributed by atoms with Gasteiger partial charge in [0.25, 0.3) is 0 Å². The number of hydrogen-bond acceptors (Lipinski definition) is 2. The summed E-state index contributed by atoms with van der Waals surface area (Å²) in [4.78, 5) is 4.66. The Labute approximate surface area is 113 Å².